The standard InChI is InChI=1S/C12H19ClN4O2S2/c1-3-4-14-12-15-7-9(13)11(16-12)17-5-6-20-8-10(17)21(2,18)19/h7,10H,3-6,8H2,1-2H3,(H,14,15,16). The van der Waals surface area contributed by atoms with E-state index in [1.54, 1.807) is 16.7 Å². The van der Waals surface area contributed by atoms with Crippen molar-refractivity contribution in [1.29, 1.82) is 0 Å². The predicted octanol–water partition coefficient (Wildman–Crippen LogP) is 1.88. The lowest BCUT2D eigenvalue weighted by atomic mass is 10.4. The van der Waals surface area contributed by atoms with Crippen LogP contribution >= 0.6 is 23.4 Å². The Morgan fingerprint density at radius 1 is 1.57 bits per heavy atom. The quantitative estimate of drug-likeness (QED) is 0.868. The molecule has 0 radical (unpaired) electrons. The molecule has 2 heterocycles. The molecule has 1 atom stereocenters. The summed E-state index contributed by atoms with van der Waals surface area (Å²) in [6.45, 7) is 3.41. The van der Waals surface area contributed by atoms with Crippen LogP contribution in [0.15, 0.2) is 6.20 Å². The van der Waals surface area contributed by atoms with Crippen LogP contribution in [0.4, 0.5) is 11.8 Å². The Bertz CT molecular complexity index is 597. The molecule has 6 nitrogen and oxygen atoms in total. The summed E-state index contributed by atoms with van der Waals surface area (Å²) in [6, 6.07) is 0. The monoisotopic (exact) mass is 350 g/mol. The van der Waals surface area contributed by atoms with Crippen LogP contribution in [0.25, 0.3) is 0 Å². The third-order valence-electron chi connectivity index (χ3n) is 3.11. The van der Waals surface area contributed by atoms with Gasteiger partial charge in [0.2, 0.25) is 5.95 Å². The van der Waals surface area contributed by atoms with Crippen molar-refractivity contribution < 1.29 is 8.42 Å². The summed E-state index contributed by atoms with van der Waals surface area (Å²) in [5.41, 5.74) is 0. The first-order valence-corrected chi connectivity index (χ1v) is 10.2. The van der Waals surface area contributed by atoms with Gasteiger partial charge in [-0.3, -0.25) is 0 Å². The van der Waals surface area contributed by atoms with E-state index in [1.807, 2.05) is 6.92 Å². The fourth-order valence-corrected chi connectivity index (χ4v) is 5.08. The Morgan fingerprint density at radius 2 is 2.33 bits per heavy atom. The third kappa shape index (κ3) is 4.14. The summed E-state index contributed by atoms with van der Waals surface area (Å²) >= 11 is 7.81. The summed E-state index contributed by atoms with van der Waals surface area (Å²) in [5.74, 6) is 2.34. The Hall–Kier alpha value is -0.730. The van der Waals surface area contributed by atoms with Crippen LogP contribution in [0.1, 0.15) is 13.3 Å². The van der Waals surface area contributed by atoms with Gasteiger partial charge in [0.05, 0.1) is 6.20 Å². The maximum Gasteiger partial charge on any atom is 0.224 e. The van der Waals surface area contributed by atoms with Gasteiger partial charge in [-0.1, -0.05) is 18.5 Å². The Morgan fingerprint density at radius 3 is 3.00 bits per heavy atom. The van der Waals surface area contributed by atoms with Gasteiger partial charge in [-0.05, 0) is 6.42 Å². The highest BCUT2D eigenvalue weighted by molar-refractivity contribution is 8.01. The minimum absolute atomic E-state index is 0.373. The summed E-state index contributed by atoms with van der Waals surface area (Å²) in [5, 5.41) is 2.87. The summed E-state index contributed by atoms with van der Waals surface area (Å²) in [7, 11) is -3.20. The number of halogens is 1. The largest absolute Gasteiger partial charge is 0.354 e. The Kier molecular flexibility index (Phi) is 5.56. The zero-order chi connectivity index (χ0) is 15.5. The second-order valence-electron chi connectivity index (χ2n) is 4.84. The number of aromatic nitrogens is 2. The van der Waals surface area contributed by atoms with E-state index in [9.17, 15) is 8.42 Å². The highest BCUT2D eigenvalue weighted by Crippen LogP contribution is 2.30. The van der Waals surface area contributed by atoms with E-state index in [2.05, 4.69) is 15.3 Å². The molecule has 0 amide bonds. The van der Waals surface area contributed by atoms with Crippen molar-refractivity contribution in [3.05, 3.63) is 11.2 Å². The molecule has 21 heavy (non-hydrogen) atoms. The lowest BCUT2D eigenvalue weighted by molar-refractivity contribution is 0.583. The zero-order valence-corrected chi connectivity index (χ0v) is 14.4. The molecule has 1 N–H and O–H groups in total. The molecule has 0 saturated carbocycles. The number of hydrogen-bond donors (Lipinski definition) is 1. The molecule has 1 aliphatic rings. The fourth-order valence-electron chi connectivity index (χ4n) is 2.06. The molecule has 118 valence electrons. The average Bonchev–Trinajstić information content (AvgIpc) is 2.45. The fraction of sp³-hybridized carbons (Fsp3) is 0.667. The zero-order valence-electron chi connectivity index (χ0n) is 12.0. The third-order valence-corrected chi connectivity index (χ3v) is 6.02. The molecule has 0 aromatic carbocycles. The molecule has 0 bridgehead atoms. The summed E-state index contributed by atoms with van der Waals surface area (Å²) < 4.78 is 24.0. The summed E-state index contributed by atoms with van der Waals surface area (Å²) in [6.07, 6.45) is 3.72. The van der Waals surface area contributed by atoms with Crippen LogP contribution in [0.2, 0.25) is 5.02 Å². The molecule has 1 aromatic rings. The van der Waals surface area contributed by atoms with Gasteiger partial charge in [0, 0.05) is 30.9 Å². The molecule has 1 unspecified atom stereocenters. The van der Waals surface area contributed by atoms with Crippen molar-refractivity contribution in [3.8, 4) is 0 Å². The minimum Gasteiger partial charge on any atom is -0.354 e. The van der Waals surface area contributed by atoms with E-state index in [1.165, 1.54) is 12.5 Å². The van der Waals surface area contributed by atoms with E-state index in [-0.39, 0.29) is 0 Å². The van der Waals surface area contributed by atoms with Crippen LogP contribution in [-0.4, -0.2) is 54.6 Å². The summed E-state index contributed by atoms with van der Waals surface area (Å²) in [4.78, 5) is 10.3. The molecule has 1 saturated heterocycles. The average molecular weight is 351 g/mol. The van der Waals surface area contributed by atoms with E-state index >= 15 is 0 Å². The molecule has 9 heteroatoms. The van der Waals surface area contributed by atoms with Gasteiger partial charge >= 0.3 is 0 Å². The normalized spacial score (nSPS) is 19.6. The number of nitrogens with one attached hydrogen (secondary N) is 1. The predicted molar refractivity (Wildman–Crippen MR) is 89.1 cm³/mol. The van der Waals surface area contributed by atoms with Crippen molar-refractivity contribution in [2.24, 2.45) is 0 Å². The van der Waals surface area contributed by atoms with Crippen molar-refractivity contribution in [3.63, 3.8) is 0 Å². The molecule has 0 spiro atoms. The van der Waals surface area contributed by atoms with Gasteiger partial charge in [-0.25, -0.2) is 13.4 Å². The van der Waals surface area contributed by atoms with Crippen LogP contribution in [0.3, 0.4) is 0 Å². The van der Waals surface area contributed by atoms with Crippen molar-refractivity contribution >= 4 is 45.0 Å². The van der Waals surface area contributed by atoms with Gasteiger partial charge in [-0.2, -0.15) is 16.7 Å². The number of hydrogen-bond acceptors (Lipinski definition) is 7. The van der Waals surface area contributed by atoms with E-state index in [0.29, 0.717) is 29.1 Å². The molecule has 0 aliphatic carbocycles. The minimum atomic E-state index is -3.20. The van der Waals surface area contributed by atoms with Gasteiger partial charge in [0.15, 0.2) is 15.7 Å². The van der Waals surface area contributed by atoms with Gasteiger partial charge in [0.1, 0.15) is 10.4 Å². The number of sulfone groups is 1. The van der Waals surface area contributed by atoms with Crippen LogP contribution in [-0.2, 0) is 9.84 Å². The van der Waals surface area contributed by atoms with Crippen molar-refractivity contribution in [1.82, 2.24) is 9.97 Å². The second-order valence-corrected chi connectivity index (χ2v) is 8.60. The van der Waals surface area contributed by atoms with E-state index < -0.39 is 15.2 Å². The lowest BCUT2D eigenvalue weighted by Gasteiger charge is -2.35. The maximum atomic E-state index is 12.0. The number of nitrogens with zero attached hydrogens (tertiary/aromatic N) is 3. The lowest BCUT2D eigenvalue weighted by Crippen LogP contribution is -2.47. The molecular formula is C12H19ClN4O2S2. The highest BCUT2D eigenvalue weighted by Gasteiger charge is 2.33. The van der Waals surface area contributed by atoms with Gasteiger partial charge < -0.3 is 10.2 Å². The smallest absolute Gasteiger partial charge is 0.224 e. The second kappa shape index (κ2) is 7.02. The van der Waals surface area contributed by atoms with Crippen molar-refractivity contribution in [2.75, 3.05) is 41.1 Å². The maximum absolute atomic E-state index is 12.0. The van der Waals surface area contributed by atoms with Crippen molar-refractivity contribution in [2.45, 2.75) is 18.7 Å². The highest BCUT2D eigenvalue weighted by atomic mass is 35.5. The van der Waals surface area contributed by atoms with Crippen LogP contribution in [0, 0.1) is 0 Å². The van der Waals surface area contributed by atoms with Gasteiger partial charge in [-0.15, -0.1) is 0 Å². The molecule has 1 aliphatic heterocycles. The Balaban J connectivity index is 2.33. The molecule has 1 fully saturated rings. The Labute approximate surface area is 134 Å². The molecule has 1 aromatic heterocycles. The first kappa shape index (κ1) is 16.6. The number of thioether (sulfide) groups is 1. The van der Waals surface area contributed by atoms with Gasteiger partial charge in [0.25, 0.3) is 0 Å². The molecular weight excluding hydrogens is 332 g/mol. The topological polar surface area (TPSA) is 75.2 Å². The SMILES string of the molecule is CCCNc1ncc(Cl)c(N2CCSCC2S(C)(=O)=O)n1. The number of rotatable bonds is 5. The number of anilines is 2. The van der Waals surface area contributed by atoms with Crippen LogP contribution in [0.5, 0.6) is 0 Å². The van der Waals surface area contributed by atoms with E-state index in [0.717, 1.165) is 18.7 Å². The van der Waals surface area contributed by atoms with E-state index in [4.69, 9.17) is 11.6 Å². The first-order valence-electron chi connectivity index (χ1n) is 6.73. The first-order chi connectivity index (χ1) is 9.93. The van der Waals surface area contributed by atoms with Crippen LogP contribution < -0.4 is 10.2 Å². The molecule has 2 rings (SSSR count).